The van der Waals surface area contributed by atoms with Crippen molar-refractivity contribution in [3.8, 4) is 0 Å². The molecular weight excluding hydrogens is 234 g/mol. The Bertz CT molecular complexity index is 399. The Morgan fingerprint density at radius 1 is 1.12 bits per heavy atom. The van der Waals surface area contributed by atoms with Crippen LogP contribution in [0.25, 0.3) is 0 Å². The van der Waals surface area contributed by atoms with Crippen molar-refractivity contribution in [1.82, 2.24) is 5.32 Å². The first-order valence-corrected chi connectivity index (χ1v) is 5.56. The van der Waals surface area contributed by atoms with Gasteiger partial charge in [0.2, 0.25) is 0 Å². The molecule has 0 saturated carbocycles. The van der Waals surface area contributed by atoms with Crippen LogP contribution in [0.5, 0.6) is 0 Å². The molecule has 1 fully saturated rings. The Morgan fingerprint density at radius 2 is 1.76 bits per heavy atom. The van der Waals surface area contributed by atoms with Crippen molar-refractivity contribution >= 4 is 0 Å². The number of rotatable bonds is 2. The number of nitrogens with one attached hydrogen (secondary N) is 1. The van der Waals surface area contributed by atoms with Crippen LogP contribution in [-0.4, -0.2) is 13.1 Å². The van der Waals surface area contributed by atoms with E-state index in [4.69, 9.17) is 0 Å². The van der Waals surface area contributed by atoms with Crippen molar-refractivity contribution in [2.75, 3.05) is 13.1 Å². The van der Waals surface area contributed by atoms with Crippen molar-refractivity contribution < 1.29 is 17.6 Å². The zero-order valence-electron chi connectivity index (χ0n) is 9.15. The first kappa shape index (κ1) is 12.4. The number of hydrogen-bond acceptors (Lipinski definition) is 1. The van der Waals surface area contributed by atoms with E-state index in [1.165, 1.54) is 0 Å². The van der Waals surface area contributed by atoms with E-state index in [1.54, 1.807) is 0 Å². The largest absolute Gasteiger partial charge is 0.317 e. The number of halogens is 4. The van der Waals surface area contributed by atoms with Crippen LogP contribution in [0.2, 0.25) is 0 Å². The Labute approximate surface area is 96.8 Å². The first-order valence-electron chi connectivity index (χ1n) is 5.56. The molecule has 1 heterocycles. The normalized spacial score (nSPS) is 18.4. The topological polar surface area (TPSA) is 12.0 Å². The Hall–Kier alpha value is -1.10. The van der Waals surface area contributed by atoms with Crippen molar-refractivity contribution in [1.29, 1.82) is 0 Å². The van der Waals surface area contributed by atoms with E-state index in [2.05, 4.69) is 5.32 Å². The molecule has 0 amide bonds. The number of hydrogen-bond donors (Lipinski definition) is 1. The third-order valence-corrected chi connectivity index (χ3v) is 3.14. The van der Waals surface area contributed by atoms with Gasteiger partial charge in [-0.1, -0.05) is 0 Å². The first-order chi connectivity index (χ1) is 8.01. The summed E-state index contributed by atoms with van der Waals surface area (Å²) < 4.78 is 54.4. The summed E-state index contributed by atoms with van der Waals surface area (Å²) >= 11 is 0. The zero-order valence-corrected chi connectivity index (χ0v) is 9.15. The fourth-order valence-electron chi connectivity index (χ4n) is 2.16. The maximum Gasteiger partial charge on any atom is 0.279 e. The standard InChI is InChI=1S/C12H13F4N/c13-9-1-2-11(14)10(7-9)12(15,16)8-3-5-17-6-4-8/h1-2,7-8,17H,3-6H2. The molecule has 1 aromatic carbocycles. The summed E-state index contributed by atoms with van der Waals surface area (Å²) in [6.07, 6.45) is 0.534. The third-order valence-electron chi connectivity index (χ3n) is 3.14. The van der Waals surface area contributed by atoms with E-state index in [-0.39, 0.29) is 12.8 Å². The van der Waals surface area contributed by atoms with Crippen LogP contribution in [0.1, 0.15) is 18.4 Å². The quantitative estimate of drug-likeness (QED) is 0.792. The Balaban J connectivity index is 2.32. The smallest absolute Gasteiger partial charge is 0.279 e. The van der Waals surface area contributed by atoms with Gasteiger partial charge in [0, 0.05) is 5.92 Å². The van der Waals surface area contributed by atoms with E-state index in [0.29, 0.717) is 19.2 Å². The average molecular weight is 247 g/mol. The lowest BCUT2D eigenvalue weighted by atomic mass is 9.87. The van der Waals surface area contributed by atoms with E-state index < -0.39 is 29.0 Å². The van der Waals surface area contributed by atoms with Gasteiger partial charge in [-0.3, -0.25) is 0 Å². The molecule has 94 valence electrons. The SMILES string of the molecule is Fc1ccc(F)c(C(F)(F)C2CCNCC2)c1. The molecule has 1 N–H and O–H groups in total. The van der Waals surface area contributed by atoms with E-state index in [0.717, 1.165) is 12.1 Å². The van der Waals surface area contributed by atoms with Crippen molar-refractivity contribution in [2.24, 2.45) is 5.92 Å². The van der Waals surface area contributed by atoms with Crippen LogP contribution < -0.4 is 5.32 Å². The van der Waals surface area contributed by atoms with Gasteiger partial charge in [-0.15, -0.1) is 0 Å². The fraction of sp³-hybridized carbons (Fsp3) is 0.500. The van der Waals surface area contributed by atoms with Crippen LogP contribution in [0.3, 0.4) is 0 Å². The predicted octanol–water partition coefficient (Wildman–Crippen LogP) is 3.06. The number of benzene rings is 1. The fourth-order valence-corrected chi connectivity index (χ4v) is 2.16. The van der Waals surface area contributed by atoms with Gasteiger partial charge in [-0.2, -0.15) is 0 Å². The molecule has 0 aromatic heterocycles. The second-order valence-electron chi connectivity index (χ2n) is 4.27. The van der Waals surface area contributed by atoms with E-state index >= 15 is 0 Å². The molecule has 17 heavy (non-hydrogen) atoms. The predicted molar refractivity (Wildman–Crippen MR) is 55.8 cm³/mol. The molecule has 0 unspecified atom stereocenters. The summed E-state index contributed by atoms with van der Waals surface area (Å²) in [7, 11) is 0. The summed E-state index contributed by atoms with van der Waals surface area (Å²) in [5.41, 5.74) is -0.829. The maximum absolute atomic E-state index is 14.0. The molecule has 0 spiro atoms. The minimum Gasteiger partial charge on any atom is -0.317 e. The molecule has 0 bridgehead atoms. The molecule has 0 atom stereocenters. The van der Waals surface area contributed by atoms with Gasteiger partial charge in [0.05, 0.1) is 5.56 Å². The summed E-state index contributed by atoms with van der Waals surface area (Å²) in [6.45, 7) is 0.967. The molecular formula is C12H13F4N. The highest BCUT2D eigenvalue weighted by atomic mass is 19.3. The van der Waals surface area contributed by atoms with Gasteiger partial charge in [0.1, 0.15) is 11.6 Å². The summed E-state index contributed by atoms with van der Waals surface area (Å²) in [4.78, 5) is 0. The molecule has 0 aliphatic carbocycles. The van der Waals surface area contributed by atoms with Crippen molar-refractivity contribution in [3.05, 3.63) is 35.4 Å². The average Bonchev–Trinajstić information content (AvgIpc) is 2.33. The molecule has 5 heteroatoms. The van der Waals surface area contributed by atoms with Gasteiger partial charge in [0.25, 0.3) is 5.92 Å². The van der Waals surface area contributed by atoms with Gasteiger partial charge in [-0.25, -0.2) is 17.6 Å². The van der Waals surface area contributed by atoms with Crippen molar-refractivity contribution in [2.45, 2.75) is 18.8 Å². The minimum atomic E-state index is -3.31. The highest BCUT2D eigenvalue weighted by Gasteiger charge is 2.43. The van der Waals surface area contributed by atoms with Crippen LogP contribution in [0.4, 0.5) is 17.6 Å². The van der Waals surface area contributed by atoms with Crippen molar-refractivity contribution in [3.63, 3.8) is 0 Å². The molecule has 1 nitrogen and oxygen atoms in total. The van der Waals surface area contributed by atoms with Crippen LogP contribution in [0.15, 0.2) is 18.2 Å². The van der Waals surface area contributed by atoms with Gasteiger partial charge < -0.3 is 5.32 Å². The number of piperidine rings is 1. The zero-order chi connectivity index (χ0) is 12.5. The van der Waals surface area contributed by atoms with Crippen LogP contribution in [-0.2, 0) is 5.92 Å². The second kappa shape index (κ2) is 4.64. The minimum absolute atomic E-state index is 0.267. The summed E-state index contributed by atoms with van der Waals surface area (Å²) in [5.74, 6) is -6.13. The third kappa shape index (κ3) is 2.44. The lowest BCUT2D eigenvalue weighted by Crippen LogP contribution is -2.37. The maximum atomic E-state index is 14.0. The summed E-state index contributed by atoms with van der Waals surface area (Å²) in [5, 5.41) is 2.96. The second-order valence-corrected chi connectivity index (χ2v) is 4.27. The molecule has 1 aliphatic heterocycles. The van der Waals surface area contributed by atoms with E-state index in [9.17, 15) is 17.6 Å². The lowest BCUT2D eigenvalue weighted by Gasteiger charge is -2.30. The van der Waals surface area contributed by atoms with Crippen LogP contribution >= 0.6 is 0 Å². The van der Waals surface area contributed by atoms with Gasteiger partial charge in [-0.05, 0) is 44.1 Å². The van der Waals surface area contributed by atoms with E-state index in [1.807, 2.05) is 0 Å². The van der Waals surface area contributed by atoms with Gasteiger partial charge in [0.15, 0.2) is 0 Å². The number of alkyl halides is 2. The highest BCUT2D eigenvalue weighted by molar-refractivity contribution is 5.24. The highest BCUT2D eigenvalue weighted by Crippen LogP contribution is 2.41. The van der Waals surface area contributed by atoms with Gasteiger partial charge >= 0.3 is 0 Å². The Morgan fingerprint density at radius 3 is 2.41 bits per heavy atom. The Kier molecular flexibility index (Phi) is 3.38. The molecule has 1 aromatic rings. The molecule has 1 saturated heterocycles. The lowest BCUT2D eigenvalue weighted by molar-refractivity contribution is -0.0782. The summed E-state index contributed by atoms with van der Waals surface area (Å²) in [6, 6.07) is 2.19. The monoisotopic (exact) mass is 247 g/mol. The molecule has 0 radical (unpaired) electrons. The molecule has 2 rings (SSSR count). The molecule has 1 aliphatic rings. The van der Waals surface area contributed by atoms with Crippen LogP contribution in [0, 0.1) is 17.6 Å².